The van der Waals surface area contributed by atoms with Gasteiger partial charge >= 0.3 is 6.61 Å². The standard InChI is InChI=1S/C12H10F2N2O3/c13-12(14)19-8-6-10-9(15-7-8)2-3-11(18)16(10)4-1-5-17/h2-3,5-7,12H,1,4H2. The lowest BCUT2D eigenvalue weighted by molar-refractivity contribution is -0.108. The average Bonchev–Trinajstić information content (AvgIpc) is 2.37. The van der Waals surface area contributed by atoms with Crippen molar-refractivity contribution in [2.45, 2.75) is 19.6 Å². The summed E-state index contributed by atoms with van der Waals surface area (Å²) in [6.45, 7) is -2.79. The van der Waals surface area contributed by atoms with Crippen molar-refractivity contribution in [2.75, 3.05) is 0 Å². The third kappa shape index (κ3) is 2.93. The van der Waals surface area contributed by atoms with Crippen molar-refractivity contribution in [1.82, 2.24) is 9.55 Å². The van der Waals surface area contributed by atoms with Gasteiger partial charge in [-0.15, -0.1) is 0 Å². The first-order valence-electron chi connectivity index (χ1n) is 5.50. The SMILES string of the molecule is O=CCCn1c(=O)ccc2ncc(OC(F)F)cc21. The topological polar surface area (TPSA) is 61.2 Å². The zero-order chi connectivity index (χ0) is 13.8. The quantitative estimate of drug-likeness (QED) is 0.772. The number of aromatic nitrogens is 2. The normalized spacial score (nSPS) is 10.9. The summed E-state index contributed by atoms with van der Waals surface area (Å²) in [4.78, 5) is 26.0. The molecular weight excluding hydrogens is 258 g/mol. The number of fused-ring (bicyclic) bond motifs is 1. The van der Waals surface area contributed by atoms with Crippen molar-refractivity contribution < 1.29 is 18.3 Å². The van der Waals surface area contributed by atoms with E-state index in [1.165, 1.54) is 22.8 Å². The third-order valence-electron chi connectivity index (χ3n) is 2.51. The number of carbonyl (C=O) groups excluding carboxylic acids is 1. The number of carbonyl (C=O) groups is 1. The number of aryl methyl sites for hydroxylation is 1. The molecule has 2 rings (SSSR count). The monoisotopic (exact) mass is 268 g/mol. The average molecular weight is 268 g/mol. The van der Waals surface area contributed by atoms with Gasteiger partial charge in [0, 0.05) is 25.1 Å². The van der Waals surface area contributed by atoms with Crippen LogP contribution in [-0.4, -0.2) is 22.4 Å². The predicted octanol–water partition coefficient (Wildman–Crippen LogP) is 1.59. The summed E-state index contributed by atoms with van der Waals surface area (Å²) in [6, 6.07) is 4.11. The van der Waals surface area contributed by atoms with E-state index in [4.69, 9.17) is 0 Å². The highest BCUT2D eigenvalue weighted by Gasteiger charge is 2.09. The van der Waals surface area contributed by atoms with Crippen molar-refractivity contribution >= 4 is 17.3 Å². The van der Waals surface area contributed by atoms with Gasteiger partial charge in [-0.1, -0.05) is 0 Å². The molecule has 0 atom stereocenters. The molecule has 0 amide bonds. The van der Waals surface area contributed by atoms with E-state index in [0.29, 0.717) is 17.3 Å². The Morgan fingerprint density at radius 3 is 2.89 bits per heavy atom. The van der Waals surface area contributed by atoms with Gasteiger partial charge in [-0.2, -0.15) is 8.78 Å². The summed E-state index contributed by atoms with van der Waals surface area (Å²) in [7, 11) is 0. The molecule has 19 heavy (non-hydrogen) atoms. The molecular formula is C12H10F2N2O3. The summed E-state index contributed by atoms with van der Waals surface area (Å²) in [5.74, 6) is -0.132. The van der Waals surface area contributed by atoms with Crippen LogP contribution in [-0.2, 0) is 11.3 Å². The molecule has 100 valence electrons. The molecule has 0 aromatic carbocycles. The molecule has 2 heterocycles. The minimum atomic E-state index is -2.96. The van der Waals surface area contributed by atoms with E-state index in [0.717, 1.165) is 6.20 Å². The zero-order valence-corrected chi connectivity index (χ0v) is 9.75. The van der Waals surface area contributed by atoms with Crippen LogP contribution in [0.4, 0.5) is 8.78 Å². The summed E-state index contributed by atoms with van der Waals surface area (Å²) in [5.41, 5.74) is 0.491. The van der Waals surface area contributed by atoms with Gasteiger partial charge in [-0.25, -0.2) is 0 Å². The number of rotatable bonds is 5. The first-order valence-corrected chi connectivity index (χ1v) is 5.50. The van der Waals surface area contributed by atoms with Crippen LogP contribution in [0.15, 0.2) is 29.2 Å². The number of nitrogens with zero attached hydrogens (tertiary/aromatic N) is 2. The maximum absolute atomic E-state index is 12.1. The molecule has 0 saturated heterocycles. The lowest BCUT2D eigenvalue weighted by Crippen LogP contribution is -2.20. The number of aldehydes is 1. The van der Waals surface area contributed by atoms with Crippen molar-refractivity contribution in [1.29, 1.82) is 0 Å². The fourth-order valence-corrected chi connectivity index (χ4v) is 1.73. The number of halogens is 2. The predicted molar refractivity (Wildman–Crippen MR) is 63.3 cm³/mol. The number of pyridine rings is 2. The van der Waals surface area contributed by atoms with Crippen molar-refractivity contribution in [2.24, 2.45) is 0 Å². The fourth-order valence-electron chi connectivity index (χ4n) is 1.73. The molecule has 0 bridgehead atoms. The molecule has 0 radical (unpaired) electrons. The Morgan fingerprint density at radius 2 is 2.21 bits per heavy atom. The van der Waals surface area contributed by atoms with Crippen molar-refractivity contribution in [3.63, 3.8) is 0 Å². The second-order valence-electron chi connectivity index (χ2n) is 3.73. The first kappa shape index (κ1) is 13.1. The lowest BCUT2D eigenvalue weighted by Gasteiger charge is -2.10. The van der Waals surface area contributed by atoms with Crippen molar-refractivity contribution in [3.8, 4) is 5.75 Å². The van der Waals surface area contributed by atoms with Crippen molar-refractivity contribution in [3.05, 3.63) is 34.7 Å². The summed E-state index contributed by atoms with van der Waals surface area (Å²) < 4.78 is 29.8. The highest BCUT2D eigenvalue weighted by Crippen LogP contribution is 2.18. The molecule has 0 saturated carbocycles. The van der Waals surface area contributed by atoms with Crippen LogP contribution in [0.2, 0.25) is 0 Å². The van der Waals surface area contributed by atoms with Crippen LogP contribution in [0.5, 0.6) is 5.75 Å². The molecule has 0 spiro atoms. The molecule has 2 aromatic heterocycles. The minimum absolute atomic E-state index is 0.132. The van der Waals surface area contributed by atoms with Crippen LogP contribution >= 0.6 is 0 Å². The first-order chi connectivity index (χ1) is 9.11. The molecule has 2 aromatic rings. The second-order valence-corrected chi connectivity index (χ2v) is 3.73. The Labute approximate surface area is 106 Å². The smallest absolute Gasteiger partial charge is 0.387 e. The Bertz CT molecular complexity index is 655. The van der Waals surface area contributed by atoms with E-state index in [2.05, 4.69) is 9.72 Å². The molecule has 0 N–H and O–H groups in total. The van der Waals surface area contributed by atoms with E-state index in [-0.39, 0.29) is 24.3 Å². The second kappa shape index (κ2) is 5.55. The van der Waals surface area contributed by atoms with E-state index in [1.54, 1.807) is 0 Å². The molecule has 0 aliphatic rings. The number of alkyl halides is 2. The Hall–Kier alpha value is -2.31. The molecule has 0 fully saturated rings. The summed E-state index contributed by atoms with van der Waals surface area (Å²) in [6.07, 6.45) is 1.99. The summed E-state index contributed by atoms with van der Waals surface area (Å²) in [5, 5.41) is 0. The maximum atomic E-state index is 12.1. The highest BCUT2D eigenvalue weighted by molar-refractivity contribution is 5.75. The van der Waals surface area contributed by atoms with Crippen LogP contribution in [0.1, 0.15) is 6.42 Å². The summed E-state index contributed by atoms with van der Waals surface area (Å²) >= 11 is 0. The van der Waals surface area contributed by atoms with Gasteiger partial charge in [0.25, 0.3) is 5.56 Å². The third-order valence-corrected chi connectivity index (χ3v) is 2.51. The maximum Gasteiger partial charge on any atom is 0.387 e. The Balaban J connectivity index is 2.53. The number of hydrogen-bond acceptors (Lipinski definition) is 4. The van der Waals surface area contributed by atoms with Gasteiger partial charge in [0.05, 0.1) is 17.2 Å². The van der Waals surface area contributed by atoms with Crippen LogP contribution < -0.4 is 10.3 Å². The van der Waals surface area contributed by atoms with E-state index in [9.17, 15) is 18.4 Å². The van der Waals surface area contributed by atoms with E-state index in [1.807, 2.05) is 0 Å². The number of ether oxygens (including phenoxy) is 1. The lowest BCUT2D eigenvalue weighted by atomic mass is 10.3. The molecule has 7 heteroatoms. The molecule has 0 aliphatic carbocycles. The van der Waals surface area contributed by atoms with Crippen LogP contribution in [0.3, 0.4) is 0 Å². The van der Waals surface area contributed by atoms with E-state index < -0.39 is 6.61 Å². The van der Waals surface area contributed by atoms with Gasteiger partial charge in [0.2, 0.25) is 0 Å². The Kier molecular flexibility index (Phi) is 3.84. The molecule has 0 unspecified atom stereocenters. The van der Waals surface area contributed by atoms with Crippen LogP contribution in [0.25, 0.3) is 11.0 Å². The van der Waals surface area contributed by atoms with Gasteiger partial charge in [-0.3, -0.25) is 9.78 Å². The molecule has 0 aliphatic heterocycles. The van der Waals surface area contributed by atoms with Gasteiger partial charge < -0.3 is 14.1 Å². The Morgan fingerprint density at radius 1 is 1.42 bits per heavy atom. The zero-order valence-electron chi connectivity index (χ0n) is 9.75. The highest BCUT2D eigenvalue weighted by atomic mass is 19.3. The fraction of sp³-hybridized carbons (Fsp3) is 0.250. The van der Waals surface area contributed by atoms with E-state index >= 15 is 0 Å². The molecule has 5 nitrogen and oxygen atoms in total. The van der Waals surface area contributed by atoms with Gasteiger partial charge in [0.1, 0.15) is 12.0 Å². The largest absolute Gasteiger partial charge is 0.433 e. The number of hydrogen-bond donors (Lipinski definition) is 0. The van der Waals surface area contributed by atoms with Crippen LogP contribution in [0, 0.1) is 0 Å². The minimum Gasteiger partial charge on any atom is -0.433 e. The van der Waals surface area contributed by atoms with Gasteiger partial charge in [-0.05, 0) is 6.07 Å². The van der Waals surface area contributed by atoms with Gasteiger partial charge in [0.15, 0.2) is 0 Å².